The highest BCUT2D eigenvalue weighted by molar-refractivity contribution is 5.77. The summed E-state index contributed by atoms with van der Waals surface area (Å²) in [5, 5.41) is 22.1. The molecule has 4 heterocycles. The molecule has 6 rings (SSSR count). The molecule has 3 fully saturated rings. The first-order valence-corrected chi connectivity index (χ1v) is 15.9. The molecule has 47 heavy (non-hydrogen) atoms. The number of ether oxygens (including phenoxy) is 3. The summed E-state index contributed by atoms with van der Waals surface area (Å²) >= 11 is 0. The smallest absolute Gasteiger partial charge is 0.248 e. The van der Waals surface area contributed by atoms with E-state index in [0.717, 1.165) is 69.4 Å². The number of alkyl halides is 1. The Labute approximate surface area is 272 Å². The summed E-state index contributed by atoms with van der Waals surface area (Å²) < 4.78 is 32.0. The van der Waals surface area contributed by atoms with Gasteiger partial charge < -0.3 is 34.4 Å². The van der Waals surface area contributed by atoms with Crippen LogP contribution in [0, 0.1) is 11.3 Å². The van der Waals surface area contributed by atoms with Gasteiger partial charge in [-0.15, -0.1) is 0 Å². The highest BCUT2D eigenvalue weighted by Gasteiger charge is 2.33. The predicted molar refractivity (Wildman–Crippen MR) is 171 cm³/mol. The van der Waals surface area contributed by atoms with Gasteiger partial charge in [-0.05, 0) is 43.2 Å². The van der Waals surface area contributed by atoms with Gasteiger partial charge in [0, 0.05) is 62.5 Å². The van der Waals surface area contributed by atoms with Crippen molar-refractivity contribution in [1.29, 1.82) is 5.26 Å². The number of likely N-dealkylation sites (tertiary alicyclic amines) is 1. The van der Waals surface area contributed by atoms with Crippen molar-refractivity contribution in [2.75, 3.05) is 76.4 Å². The van der Waals surface area contributed by atoms with E-state index in [4.69, 9.17) is 19.3 Å². The van der Waals surface area contributed by atoms with E-state index in [0.29, 0.717) is 23.4 Å². The summed E-state index contributed by atoms with van der Waals surface area (Å²) in [5.41, 5.74) is 2.56. The van der Waals surface area contributed by atoms with E-state index in [-0.39, 0.29) is 30.8 Å². The molecular weight excluding hydrogens is 607 g/mol. The minimum Gasteiger partial charge on any atom is -0.495 e. The number of aromatic nitrogens is 3. The topological polar surface area (TPSA) is 149 Å². The van der Waals surface area contributed by atoms with Crippen LogP contribution in [0.3, 0.4) is 0 Å². The Bertz CT molecular complexity index is 1590. The molecule has 0 unspecified atom stereocenters. The summed E-state index contributed by atoms with van der Waals surface area (Å²) in [7, 11) is 1.67. The highest BCUT2D eigenvalue weighted by Crippen LogP contribution is 2.35. The van der Waals surface area contributed by atoms with E-state index in [1.54, 1.807) is 25.3 Å². The molecule has 13 nitrogen and oxygen atoms in total. The van der Waals surface area contributed by atoms with Crippen molar-refractivity contribution < 1.29 is 28.5 Å². The van der Waals surface area contributed by atoms with E-state index in [9.17, 15) is 14.4 Å². The largest absolute Gasteiger partial charge is 0.495 e. The first-order valence-electron chi connectivity index (χ1n) is 15.9. The number of nitrogens with zero attached hydrogens (tertiary/aromatic N) is 7. The second-order valence-electron chi connectivity index (χ2n) is 11.8. The number of hydrogen-bond donors (Lipinski definition) is 2. The maximum atomic E-state index is 14.8. The van der Waals surface area contributed by atoms with Crippen molar-refractivity contribution in [2.24, 2.45) is 0 Å². The highest BCUT2D eigenvalue weighted by atomic mass is 19.1. The molecule has 1 aromatic heterocycles. The number of amides is 1. The summed E-state index contributed by atoms with van der Waals surface area (Å²) in [4.78, 5) is 31.0. The van der Waals surface area contributed by atoms with Crippen LogP contribution in [0.25, 0.3) is 11.4 Å². The first kappa shape index (κ1) is 32.4. The van der Waals surface area contributed by atoms with Crippen molar-refractivity contribution in [2.45, 2.75) is 37.6 Å². The summed E-state index contributed by atoms with van der Waals surface area (Å²) in [5.74, 6) is 1.13. The average molecular weight is 647 g/mol. The third-order valence-corrected chi connectivity index (χ3v) is 8.98. The SMILES string of the molecule is COc1cc(Nc2ncnc(-c3ccc(O[C@H]4CCN(C(=O)CO)C[C@@H]4F)c(C#N)c3)n2)ccc1N1CCC(N2CCOCC2)CC1. The van der Waals surface area contributed by atoms with Gasteiger partial charge in [-0.2, -0.15) is 10.2 Å². The van der Waals surface area contributed by atoms with Gasteiger partial charge in [-0.3, -0.25) is 9.69 Å². The van der Waals surface area contributed by atoms with Crippen LogP contribution in [0.4, 0.5) is 21.7 Å². The number of aliphatic hydroxyl groups excluding tert-OH is 1. The van der Waals surface area contributed by atoms with Crippen LogP contribution >= 0.6 is 0 Å². The number of hydrogen-bond acceptors (Lipinski definition) is 12. The zero-order valence-corrected chi connectivity index (χ0v) is 26.3. The Balaban J connectivity index is 1.10. The fourth-order valence-corrected chi connectivity index (χ4v) is 6.42. The Morgan fingerprint density at radius 2 is 1.89 bits per heavy atom. The van der Waals surface area contributed by atoms with Gasteiger partial charge in [0.05, 0.1) is 38.1 Å². The van der Waals surface area contributed by atoms with Crippen molar-refractivity contribution in [1.82, 2.24) is 24.8 Å². The molecule has 14 heteroatoms. The zero-order valence-electron chi connectivity index (χ0n) is 26.3. The van der Waals surface area contributed by atoms with Crippen LogP contribution in [-0.2, 0) is 9.53 Å². The molecule has 0 saturated carbocycles. The third kappa shape index (κ3) is 7.54. The third-order valence-electron chi connectivity index (χ3n) is 8.98. The van der Waals surface area contributed by atoms with Crippen molar-refractivity contribution >= 4 is 23.2 Å². The molecule has 0 aliphatic carbocycles. The molecule has 2 aromatic carbocycles. The standard InChI is InChI=1S/C33H39FN8O5/c1-45-30-17-24(3-4-27(30)41-9-6-25(7-10-41)40-12-14-46-15-13-40)38-33-37-21-36-32(39-33)22-2-5-28(23(16-22)18-35)47-29-8-11-42(19-26(29)34)31(44)20-43/h2-5,16-17,21,25-26,29,43H,6-15,19-20H2,1H3,(H,36,37,38,39)/t26-,29-/m0/s1. The number of morpholine rings is 1. The van der Waals surface area contributed by atoms with Gasteiger partial charge in [0.15, 0.2) is 12.0 Å². The van der Waals surface area contributed by atoms with Crippen LogP contribution in [0.5, 0.6) is 11.5 Å². The fourth-order valence-electron chi connectivity index (χ4n) is 6.42. The van der Waals surface area contributed by atoms with E-state index in [2.05, 4.69) is 36.1 Å². The number of nitrogens with one attached hydrogen (secondary N) is 1. The molecule has 3 aliphatic heterocycles. The Hall–Kier alpha value is -4.58. The quantitative estimate of drug-likeness (QED) is 0.352. The molecule has 248 valence electrons. The number of carbonyl (C=O) groups excluding carboxylic acids is 1. The number of methoxy groups -OCH3 is 1. The average Bonchev–Trinajstić information content (AvgIpc) is 3.12. The van der Waals surface area contributed by atoms with Gasteiger partial charge in [-0.25, -0.2) is 14.4 Å². The number of piperidine rings is 2. The lowest BCUT2D eigenvalue weighted by molar-refractivity contribution is -0.138. The molecule has 3 aromatic rings. The van der Waals surface area contributed by atoms with Crippen LogP contribution < -0.4 is 19.7 Å². The van der Waals surface area contributed by atoms with Crippen LogP contribution in [0.2, 0.25) is 0 Å². The van der Waals surface area contributed by atoms with Gasteiger partial charge in [-0.1, -0.05) is 0 Å². The van der Waals surface area contributed by atoms with Crippen molar-refractivity contribution in [3.8, 4) is 29.0 Å². The Morgan fingerprint density at radius 3 is 2.62 bits per heavy atom. The Kier molecular flexibility index (Phi) is 10.3. The fraction of sp³-hybridized carbons (Fsp3) is 0.485. The molecule has 0 spiro atoms. The van der Waals surface area contributed by atoms with Gasteiger partial charge >= 0.3 is 0 Å². The second kappa shape index (κ2) is 14.9. The number of carbonyl (C=O) groups is 1. The van der Waals surface area contributed by atoms with Crippen molar-refractivity contribution in [3.63, 3.8) is 0 Å². The first-order chi connectivity index (χ1) is 22.9. The number of anilines is 3. The van der Waals surface area contributed by atoms with Crippen LogP contribution in [0.15, 0.2) is 42.7 Å². The number of halogens is 1. The van der Waals surface area contributed by atoms with Gasteiger partial charge in [0.1, 0.15) is 36.6 Å². The second-order valence-corrected chi connectivity index (χ2v) is 11.8. The Morgan fingerprint density at radius 1 is 1.09 bits per heavy atom. The minimum absolute atomic E-state index is 0.173. The molecule has 2 atom stereocenters. The minimum atomic E-state index is -1.46. The number of rotatable bonds is 9. The molecular formula is C33H39FN8O5. The number of aliphatic hydroxyl groups is 1. The van der Waals surface area contributed by atoms with E-state index in [1.165, 1.54) is 11.2 Å². The lowest BCUT2D eigenvalue weighted by atomic mass is 10.0. The molecule has 1 amide bonds. The normalized spacial score (nSPS) is 20.8. The molecule has 3 aliphatic rings. The molecule has 2 N–H and O–H groups in total. The zero-order chi connectivity index (χ0) is 32.8. The maximum absolute atomic E-state index is 14.8. The summed E-state index contributed by atoms with van der Waals surface area (Å²) in [6.45, 7) is 4.97. The predicted octanol–water partition coefficient (Wildman–Crippen LogP) is 2.77. The lowest BCUT2D eigenvalue weighted by Gasteiger charge is -2.41. The summed E-state index contributed by atoms with van der Waals surface area (Å²) in [6, 6.07) is 13.5. The van der Waals surface area contributed by atoms with Crippen molar-refractivity contribution in [3.05, 3.63) is 48.3 Å². The number of benzene rings is 2. The number of nitriles is 1. The van der Waals surface area contributed by atoms with E-state index < -0.39 is 24.8 Å². The van der Waals surface area contributed by atoms with Gasteiger partial charge in [0.25, 0.3) is 0 Å². The molecule has 0 radical (unpaired) electrons. The summed E-state index contributed by atoms with van der Waals surface area (Å²) in [6.07, 6.45) is 1.54. The van der Waals surface area contributed by atoms with E-state index >= 15 is 0 Å². The molecule has 0 bridgehead atoms. The van der Waals surface area contributed by atoms with E-state index in [1.807, 2.05) is 18.2 Å². The lowest BCUT2D eigenvalue weighted by Crippen LogP contribution is -2.50. The molecule has 3 saturated heterocycles. The monoisotopic (exact) mass is 646 g/mol. The van der Waals surface area contributed by atoms with Crippen LogP contribution in [0.1, 0.15) is 24.8 Å². The maximum Gasteiger partial charge on any atom is 0.248 e. The van der Waals surface area contributed by atoms with Crippen LogP contribution in [-0.4, -0.2) is 120 Å². The van der Waals surface area contributed by atoms with Gasteiger partial charge in [0.2, 0.25) is 11.9 Å².